The van der Waals surface area contributed by atoms with Crippen LogP contribution in [-0.2, 0) is 17.6 Å². The smallest absolute Gasteiger partial charge is 0.338 e. The zero-order chi connectivity index (χ0) is 20.2. The van der Waals surface area contributed by atoms with Gasteiger partial charge in [0.2, 0.25) is 5.78 Å². The van der Waals surface area contributed by atoms with Gasteiger partial charge in [0.15, 0.2) is 6.10 Å². The Kier molecular flexibility index (Phi) is 5.43. The van der Waals surface area contributed by atoms with E-state index in [2.05, 4.69) is 0 Å². The van der Waals surface area contributed by atoms with Gasteiger partial charge in [-0.2, -0.15) is 0 Å². The van der Waals surface area contributed by atoms with Crippen LogP contribution in [-0.4, -0.2) is 17.9 Å². The molecule has 3 aromatic carbocycles. The third-order valence-electron chi connectivity index (χ3n) is 5.08. The maximum absolute atomic E-state index is 12.7. The Labute approximate surface area is 170 Å². The molecule has 0 heterocycles. The van der Waals surface area contributed by atoms with Crippen molar-refractivity contribution in [1.29, 1.82) is 0 Å². The van der Waals surface area contributed by atoms with Crippen LogP contribution in [0, 0.1) is 0 Å². The summed E-state index contributed by atoms with van der Waals surface area (Å²) in [6.07, 6.45) is 2.33. The van der Waals surface area contributed by atoms with Crippen LogP contribution >= 0.6 is 0 Å². The van der Waals surface area contributed by atoms with Gasteiger partial charge in [0, 0.05) is 5.56 Å². The molecule has 1 aliphatic rings. The molecule has 1 aliphatic carbocycles. The van der Waals surface area contributed by atoms with Gasteiger partial charge in [-0.1, -0.05) is 36.4 Å². The fraction of sp³-hybridized carbons (Fsp3) is 0.200. The molecule has 0 saturated carbocycles. The minimum atomic E-state index is -0.861. The fourth-order valence-corrected chi connectivity index (χ4v) is 3.55. The van der Waals surface area contributed by atoms with Crippen LogP contribution < -0.4 is 4.74 Å². The van der Waals surface area contributed by atoms with E-state index >= 15 is 0 Å². The number of benzene rings is 3. The van der Waals surface area contributed by atoms with Crippen molar-refractivity contribution in [3.8, 4) is 11.5 Å². The summed E-state index contributed by atoms with van der Waals surface area (Å²) in [6, 6.07) is 21.8. The Balaban J connectivity index is 1.43. The van der Waals surface area contributed by atoms with Gasteiger partial charge in [-0.25, -0.2) is 4.79 Å². The Morgan fingerprint density at radius 3 is 2.38 bits per heavy atom. The van der Waals surface area contributed by atoms with Crippen LogP contribution in [0.4, 0.5) is 0 Å². The molecule has 0 aliphatic heterocycles. The monoisotopic (exact) mass is 386 g/mol. The van der Waals surface area contributed by atoms with E-state index in [9.17, 15) is 9.59 Å². The van der Waals surface area contributed by atoms with Gasteiger partial charge in [-0.3, -0.25) is 4.79 Å². The molecule has 4 nitrogen and oxygen atoms in total. The van der Waals surface area contributed by atoms with E-state index in [1.54, 1.807) is 31.2 Å². The Bertz CT molecular complexity index is 1040. The summed E-state index contributed by atoms with van der Waals surface area (Å²) in [7, 11) is 0. The van der Waals surface area contributed by atoms with Crippen molar-refractivity contribution in [2.45, 2.75) is 32.3 Å². The van der Waals surface area contributed by atoms with Crippen LogP contribution in [0.25, 0.3) is 0 Å². The number of Topliss-reactive ketones (excluding diaryl/α,β-unsaturated/α-hetero) is 1. The van der Waals surface area contributed by atoms with Gasteiger partial charge in [-0.15, -0.1) is 0 Å². The number of hydrogen-bond acceptors (Lipinski definition) is 4. The topological polar surface area (TPSA) is 52.6 Å². The number of fused-ring (bicyclic) bond motifs is 1. The molecule has 0 aromatic heterocycles. The lowest BCUT2D eigenvalue weighted by Gasteiger charge is -2.14. The summed E-state index contributed by atoms with van der Waals surface area (Å²) in [5.41, 5.74) is 3.46. The first-order valence-corrected chi connectivity index (χ1v) is 9.80. The lowest BCUT2D eigenvalue weighted by molar-refractivity contribution is 0.0318. The number of ether oxygens (including phenoxy) is 2. The quantitative estimate of drug-likeness (QED) is 0.421. The molecule has 4 heteroatoms. The zero-order valence-corrected chi connectivity index (χ0v) is 16.3. The minimum absolute atomic E-state index is 0.190. The highest BCUT2D eigenvalue weighted by atomic mass is 16.5. The zero-order valence-electron chi connectivity index (χ0n) is 16.3. The number of esters is 1. The summed E-state index contributed by atoms with van der Waals surface area (Å²) in [5, 5.41) is 0. The molecule has 3 aromatic rings. The molecule has 0 bridgehead atoms. The molecule has 0 amide bonds. The summed E-state index contributed by atoms with van der Waals surface area (Å²) in [6.45, 7) is 1.61. The van der Waals surface area contributed by atoms with Crippen molar-refractivity contribution in [1.82, 2.24) is 0 Å². The van der Waals surface area contributed by atoms with E-state index in [-0.39, 0.29) is 5.78 Å². The van der Waals surface area contributed by atoms with E-state index in [0.29, 0.717) is 22.6 Å². The molecule has 4 rings (SSSR count). The van der Waals surface area contributed by atoms with Crippen molar-refractivity contribution in [3.63, 3.8) is 0 Å². The van der Waals surface area contributed by atoms with Gasteiger partial charge >= 0.3 is 5.97 Å². The lowest BCUT2D eigenvalue weighted by atomic mass is 10.0. The van der Waals surface area contributed by atoms with E-state index in [0.717, 1.165) is 19.3 Å². The Morgan fingerprint density at radius 2 is 1.55 bits per heavy atom. The van der Waals surface area contributed by atoms with Crippen LogP contribution in [0.1, 0.15) is 45.2 Å². The molecule has 0 N–H and O–H groups in total. The van der Waals surface area contributed by atoms with E-state index in [1.807, 2.05) is 48.5 Å². The highest BCUT2D eigenvalue weighted by Gasteiger charge is 2.22. The van der Waals surface area contributed by atoms with Gasteiger partial charge in [-0.05, 0) is 73.7 Å². The average Bonchev–Trinajstić information content (AvgIpc) is 3.22. The molecule has 0 unspecified atom stereocenters. The Morgan fingerprint density at radius 1 is 0.793 bits per heavy atom. The van der Waals surface area contributed by atoms with Gasteiger partial charge in [0.05, 0.1) is 5.56 Å². The van der Waals surface area contributed by atoms with Crippen molar-refractivity contribution in [2.75, 3.05) is 0 Å². The van der Waals surface area contributed by atoms with Crippen molar-refractivity contribution >= 4 is 11.8 Å². The van der Waals surface area contributed by atoms with Crippen molar-refractivity contribution < 1.29 is 19.1 Å². The summed E-state index contributed by atoms with van der Waals surface area (Å²) in [5.74, 6) is 0.469. The SMILES string of the molecule is C[C@@H](OC(=O)c1cccc(Oc2ccccc2)c1)C(=O)c1ccc2c(c1)CCC2. The first kappa shape index (κ1) is 18.9. The van der Waals surface area contributed by atoms with E-state index in [1.165, 1.54) is 11.1 Å². The molecular weight excluding hydrogens is 364 g/mol. The predicted octanol–water partition coefficient (Wildman–Crippen LogP) is 5.40. The van der Waals surface area contributed by atoms with Crippen LogP contribution in [0.2, 0.25) is 0 Å². The number of para-hydroxylation sites is 1. The minimum Gasteiger partial charge on any atom is -0.457 e. The van der Waals surface area contributed by atoms with Crippen LogP contribution in [0.15, 0.2) is 72.8 Å². The summed E-state index contributed by atoms with van der Waals surface area (Å²) >= 11 is 0. The molecule has 0 saturated heterocycles. The lowest BCUT2D eigenvalue weighted by Crippen LogP contribution is -2.24. The largest absolute Gasteiger partial charge is 0.457 e. The van der Waals surface area contributed by atoms with Crippen molar-refractivity contribution in [2.24, 2.45) is 0 Å². The second kappa shape index (κ2) is 8.31. The highest BCUT2D eigenvalue weighted by molar-refractivity contribution is 6.01. The molecular formula is C25H22O4. The first-order valence-electron chi connectivity index (χ1n) is 9.80. The van der Waals surface area contributed by atoms with Crippen LogP contribution in [0.5, 0.6) is 11.5 Å². The third kappa shape index (κ3) is 4.37. The molecule has 0 fully saturated rings. The van der Waals surface area contributed by atoms with E-state index in [4.69, 9.17) is 9.47 Å². The molecule has 146 valence electrons. The summed E-state index contributed by atoms with van der Waals surface area (Å²) in [4.78, 5) is 25.3. The number of carbonyl (C=O) groups excluding carboxylic acids is 2. The predicted molar refractivity (Wildman–Crippen MR) is 111 cm³/mol. The normalized spacial score (nSPS) is 13.4. The van der Waals surface area contributed by atoms with Gasteiger partial charge in [0.1, 0.15) is 11.5 Å². The second-order valence-electron chi connectivity index (χ2n) is 7.19. The number of ketones is 1. The highest BCUT2D eigenvalue weighted by Crippen LogP contribution is 2.25. The number of hydrogen-bond donors (Lipinski definition) is 0. The Hall–Kier alpha value is -3.40. The van der Waals surface area contributed by atoms with E-state index < -0.39 is 12.1 Å². The maximum atomic E-state index is 12.7. The van der Waals surface area contributed by atoms with Crippen molar-refractivity contribution in [3.05, 3.63) is 95.1 Å². The molecule has 1 atom stereocenters. The van der Waals surface area contributed by atoms with Crippen LogP contribution in [0.3, 0.4) is 0 Å². The fourth-order valence-electron chi connectivity index (χ4n) is 3.55. The molecule has 0 spiro atoms. The van der Waals surface area contributed by atoms with Gasteiger partial charge in [0.25, 0.3) is 0 Å². The number of aryl methyl sites for hydroxylation is 2. The third-order valence-corrected chi connectivity index (χ3v) is 5.08. The summed E-state index contributed by atoms with van der Waals surface area (Å²) < 4.78 is 11.2. The van der Waals surface area contributed by atoms with Gasteiger partial charge < -0.3 is 9.47 Å². The molecule has 29 heavy (non-hydrogen) atoms. The second-order valence-corrected chi connectivity index (χ2v) is 7.19. The number of carbonyl (C=O) groups is 2. The molecule has 0 radical (unpaired) electrons. The standard InChI is InChI=1S/C25H22O4/c1-17(24(26)20-14-13-18-7-5-8-19(18)15-20)28-25(27)21-9-6-12-23(16-21)29-22-10-3-2-4-11-22/h2-4,6,9-17H,5,7-8H2,1H3/t17-/m1/s1. The average molecular weight is 386 g/mol. The number of rotatable bonds is 6. The maximum Gasteiger partial charge on any atom is 0.338 e. The first-order chi connectivity index (χ1) is 14.1.